The van der Waals surface area contributed by atoms with Gasteiger partial charge in [-0.05, 0) is 44.7 Å². The van der Waals surface area contributed by atoms with E-state index in [9.17, 15) is 0 Å². The summed E-state index contributed by atoms with van der Waals surface area (Å²) in [6.07, 6.45) is 3.14. The van der Waals surface area contributed by atoms with Crippen LogP contribution in [-0.2, 0) is 20.8 Å². The molecule has 0 aliphatic carbocycles. The highest BCUT2D eigenvalue weighted by Gasteiger charge is 2.17. The van der Waals surface area contributed by atoms with Crippen LogP contribution in [0.3, 0.4) is 0 Å². The molecule has 0 radical (unpaired) electrons. The zero-order valence-electron chi connectivity index (χ0n) is 19.2. The Bertz CT molecular complexity index is 671. The van der Waals surface area contributed by atoms with Crippen molar-refractivity contribution in [1.82, 2.24) is 10.6 Å². The molecule has 0 spiro atoms. The number of guanidine groups is 1. The van der Waals surface area contributed by atoms with E-state index in [4.69, 9.17) is 23.9 Å². The molecule has 2 heterocycles. The van der Waals surface area contributed by atoms with Gasteiger partial charge >= 0.3 is 0 Å². The maximum Gasteiger partial charge on any atom is 0.191 e. The quantitative estimate of drug-likeness (QED) is 0.300. The van der Waals surface area contributed by atoms with Crippen molar-refractivity contribution >= 4 is 5.96 Å². The summed E-state index contributed by atoms with van der Waals surface area (Å²) in [4.78, 5) is 4.77. The summed E-state index contributed by atoms with van der Waals surface area (Å²) in [5.74, 6) is 2.80. The first-order chi connectivity index (χ1) is 15.2. The monoisotopic (exact) mass is 433 g/mol. The van der Waals surface area contributed by atoms with E-state index >= 15 is 0 Å². The van der Waals surface area contributed by atoms with E-state index in [2.05, 4.69) is 42.7 Å². The smallest absolute Gasteiger partial charge is 0.191 e. The van der Waals surface area contributed by atoms with E-state index in [1.165, 1.54) is 5.56 Å². The maximum absolute atomic E-state index is 6.15. The van der Waals surface area contributed by atoms with E-state index in [0.717, 1.165) is 89.3 Å². The highest BCUT2D eigenvalue weighted by Crippen LogP contribution is 2.23. The first kappa shape index (κ1) is 23.8. The number of aliphatic imine (C=N–C) groups is 1. The third-order valence-corrected chi connectivity index (χ3v) is 5.61. The van der Waals surface area contributed by atoms with Crippen molar-refractivity contribution in [3.8, 4) is 5.75 Å². The number of nitrogens with one attached hydrogen (secondary N) is 2. The highest BCUT2D eigenvalue weighted by atomic mass is 16.5. The Morgan fingerprint density at radius 2 is 1.87 bits per heavy atom. The lowest BCUT2D eigenvalue weighted by Crippen LogP contribution is -2.38. The summed E-state index contributed by atoms with van der Waals surface area (Å²) in [5, 5.41) is 6.72. The second kappa shape index (κ2) is 13.6. The van der Waals surface area contributed by atoms with Gasteiger partial charge in [-0.15, -0.1) is 0 Å². The standard InChI is InChI=1S/C24H39N3O4/c1-3-25-24(26-9-4-10-28-15-20-7-11-29-16-20)27-14-22-6-5-19(2)13-23(22)31-18-21-8-12-30-17-21/h5-6,13,20-21H,3-4,7-12,14-18H2,1-2H3,(H2,25,26,27). The first-order valence-corrected chi connectivity index (χ1v) is 11.7. The predicted molar refractivity (Wildman–Crippen MR) is 123 cm³/mol. The van der Waals surface area contributed by atoms with Crippen LogP contribution in [0.4, 0.5) is 0 Å². The molecule has 0 saturated carbocycles. The SMILES string of the molecule is CCNC(=NCc1ccc(C)cc1OCC1CCOC1)NCCCOCC1CCOC1. The number of ether oxygens (including phenoxy) is 4. The van der Waals surface area contributed by atoms with Crippen LogP contribution in [0.5, 0.6) is 5.75 Å². The minimum absolute atomic E-state index is 0.485. The Labute approximate surface area is 186 Å². The van der Waals surface area contributed by atoms with Crippen LogP contribution in [0.1, 0.15) is 37.3 Å². The normalized spacial score (nSPS) is 21.4. The average Bonchev–Trinajstić information content (AvgIpc) is 3.48. The number of nitrogens with zero attached hydrogens (tertiary/aromatic N) is 1. The lowest BCUT2D eigenvalue weighted by atomic mass is 10.1. The third-order valence-electron chi connectivity index (χ3n) is 5.61. The number of hydrogen-bond donors (Lipinski definition) is 2. The molecule has 2 aliphatic heterocycles. The lowest BCUT2D eigenvalue weighted by molar-refractivity contribution is 0.0888. The Kier molecular flexibility index (Phi) is 10.4. The van der Waals surface area contributed by atoms with Gasteiger partial charge in [0.05, 0.1) is 33.0 Å². The summed E-state index contributed by atoms with van der Waals surface area (Å²) >= 11 is 0. The van der Waals surface area contributed by atoms with Crippen molar-refractivity contribution < 1.29 is 18.9 Å². The molecule has 31 heavy (non-hydrogen) atoms. The molecule has 0 aromatic heterocycles. The number of rotatable bonds is 12. The van der Waals surface area contributed by atoms with Crippen LogP contribution in [0.15, 0.2) is 23.2 Å². The van der Waals surface area contributed by atoms with Gasteiger partial charge in [0.15, 0.2) is 5.96 Å². The van der Waals surface area contributed by atoms with Gasteiger partial charge in [-0.2, -0.15) is 0 Å². The Morgan fingerprint density at radius 3 is 2.58 bits per heavy atom. The van der Waals surface area contributed by atoms with Crippen LogP contribution in [0.2, 0.25) is 0 Å². The minimum Gasteiger partial charge on any atom is -0.493 e. The van der Waals surface area contributed by atoms with Crippen LogP contribution < -0.4 is 15.4 Å². The van der Waals surface area contributed by atoms with Crippen LogP contribution in [0, 0.1) is 18.8 Å². The third kappa shape index (κ3) is 8.67. The van der Waals surface area contributed by atoms with Gasteiger partial charge in [-0.1, -0.05) is 12.1 Å². The van der Waals surface area contributed by atoms with E-state index in [0.29, 0.717) is 25.0 Å². The van der Waals surface area contributed by atoms with Gasteiger partial charge in [0.25, 0.3) is 0 Å². The first-order valence-electron chi connectivity index (χ1n) is 11.7. The fourth-order valence-electron chi connectivity index (χ4n) is 3.70. The molecular formula is C24H39N3O4. The molecule has 2 N–H and O–H groups in total. The van der Waals surface area contributed by atoms with Crippen molar-refractivity contribution in [1.29, 1.82) is 0 Å². The molecule has 3 rings (SSSR count). The number of benzene rings is 1. The van der Waals surface area contributed by atoms with E-state index in [1.807, 2.05) is 0 Å². The molecule has 2 saturated heterocycles. The van der Waals surface area contributed by atoms with Gasteiger partial charge in [0, 0.05) is 50.3 Å². The van der Waals surface area contributed by atoms with Gasteiger partial charge in [-0.25, -0.2) is 4.99 Å². The van der Waals surface area contributed by atoms with Crippen molar-refractivity contribution in [3.63, 3.8) is 0 Å². The maximum atomic E-state index is 6.15. The molecule has 0 amide bonds. The molecular weight excluding hydrogens is 394 g/mol. The molecule has 2 unspecified atom stereocenters. The zero-order valence-corrected chi connectivity index (χ0v) is 19.2. The molecule has 0 bridgehead atoms. The van der Waals surface area contributed by atoms with Crippen LogP contribution in [0.25, 0.3) is 0 Å². The molecule has 2 fully saturated rings. The molecule has 1 aromatic carbocycles. The highest BCUT2D eigenvalue weighted by molar-refractivity contribution is 5.79. The molecule has 2 aliphatic rings. The lowest BCUT2D eigenvalue weighted by Gasteiger charge is -2.15. The second-order valence-electron chi connectivity index (χ2n) is 8.43. The van der Waals surface area contributed by atoms with E-state index in [1.54, 1.807) is 0 Å². The molecule has 2 atom stereocenters. The van der Waals surface area contributed by atoms with Crippen LogP contribution >= 0.6 is 0 Å². The average molecular weight is 434 g/mol. The van der Waals surface area contributed by atoms with Gasteiger partial charge in [0.1, 0.15) is 5.75 Å². The Balaban J connectivity index is 1.43. The van der Waals surface area contributed by atoms with Crippen molar-refractivity contribution in [2.75, 3.05) is 59.3 Å². The largest absolute Gasteiger partial charge is 0.493 e. The number of hydrogen-bond acceptors (Lipinski definition) is 5. The summed E-state index contributed by atoms with van der Waals surface area (Å²) in [7, 11) is 0. The molecule has 7 nitrogen and oxygen atoms in total. The summed E-state index contributed by atoms with van der Waals surface area (Å²) in [6.45, 7) is 12.0. The van der Waals surface area contributed by atoms with Gasteiger partial charge < -0.3 is 29.6 Å². The fourth-order valence-corrected chi connectivity index (χ4v) is 3.70. The van der Waals surface area contributed by atoms with Gasteiger partial charge in [0.2, 0.25) is 0 Å². The minimum atomic E-state index is 0.485. The summed E-state index contributed by atoms with van der Waals surface area (Å²) in [5.41, 5.74) is 2.29. The van der Waals surface area contributed by atoms with E-state index < -0.39 is 0 Å². The molecule has 7 heteroatoms. The predicted octanol–water partition coefficient (Wildman–Crippen LogP) is 2.91. The van der Waals surface area contributed by atoms with Crippen molar-refractivity contribution in [2.24, 2.45) is 16.8 Å². The Morgan fingerprint density at radius 1 is 1.10 bits per heavy atom. The van der Waals surface area contributed by atoms with Crippen molar-refractivity contribution in [2.45, 2.75) is 39.7 Å². The zero-order chi connectivity index (χ0) is 21.7. The van der Waals surface area contributed by atoms with Crippen molar-refractivity contribution in [3.05, 3.63) is 29.3 Å². The topological polar surface area (TPSA) is 73.3 Å². The number of aryl methyl sites for hydroxylation is 1. The Hall–Kier alpha value is -1.83. The molecule has 1 aromatic rings. The van der Waals surface area contributed by atoms with E-state index in [-0.39, 0.29) is 0 Å². The fraction of sp³-hybridized carbons (Fsp3) is 0.708. The summed E-state index contributed by atoms with van der Waals surface area (Å²) in [6, 6.07) is 6.33. The second-order valence-corrected chi connectivity index (χ2v) is 8.43. The van der Waals surface area contributed by atoms with Crippen LogP contribution in [-0.4, -0.2) is 65.3 Å². The molecule has 174 valence electrons. The summed E-state index contributed by atoms with van der Waals surface area (Å²) < 4.78 is 22.8. The van der Waals surface area contributed by atoms with Gasteiger partial charge in [-0.3, -0.25) is 0 Å².